The van der Waals surface area contributed by atoms with Crippen LogP contribution in [0.3, 0.4) is 0 Å². The number of nitrogens with zero attached hydrogens (tertiary/aromatic N) is 1. The number of hydrogen-bond donors (Lipinski definition) is 1. The number of fused-ring (bicyclic) bond motifs is 1. The van der Waals surface area contributed by atoms with Crippen molar-refractivity contribution >= 4 is 46.0 Å². The molecule has 32 heavy (non-hydrogen) atoms. The second kappa shape index (κ2) is 9.14. The summed E-state index contributed by atoms with van der Waals surface area (Å²) in [4.78, 5) is 25.3. The highest BCUT2D eigenvalue weighted by molar-refractivity contribution is 6.45. The van der Waals surface area contributed by atoms with Crippen LogP contribution in [-0.4, -0.2) is 36.3 Å². The number of hydrogen-bond acceptors (Lipinski definition) is 4. The van der Waals surface area contributed by atoms with E-state index in [1.54, 1.807) is 23.6 Å². The summed E-state index contributed by atoms with van der Waals surface area (Å²) in [6, 6.07) is 12.9. The Morgan fingerprint density at radius 2 is 2.03 bits per heavy atom. The maximum absolute atomic E-state index is 13.4. The van der Waals surface area contributed by atoms with Gasteiger partial charge in [-0.05, 0) is 36.2 Å². The molecule has 0 radical (unpaired) electrons. The fourth-order valence-corrected chi connectivity index (χ4v) is 4.55. The maximum atomic E-state index is 13.4. The summed E-state index contributed by atoms with van der Waals surface area (Å²) in [7, 11) is 1.82. The van der Waals surface area contributed by atoms with Gasteiger partial charge in [0.05, 0.1) is 35.2 Å². The normalized spacial score (nSPS) is 18.1. The number of aryl methyl sites for hydroxylation is 1. The van der Waals surface area contributed by atoms with Crippen molar-refractivity contribution in [3.63, 3.8) is 0 Å². The standard InChI is InChI=1S/C24H24Cl2N2O4/c1-3-32-21(29)12-15-5-4-6-16(11-15)24(9-10-31-14-24)27-23(30)20-13-17-19(28(20)2)8-7-18(25)22(17)26/h4-8,11,13H,3,9-10,12,14H2,1-2H3,(H,27,30). The van der Waals surface area contributed by atoms with Crippen molar-refractivity contribution in [3.05, 3.63) is 69.3 Å². The van der Waals surface area contributed by atoms with Crippen LogP contribution in [0.5, 0.6) is 0 Å². The molecule has 1 atom stereocenters. The molecule has 1 aliphatic rings. The van der Waals surface area contributed by atoms with Gasteiger partial charge in [-0.2, -0.15) is 0 Å². The molecule has 0 aliphatic carbocycles. The van der Waals surface area contributed by atoms with Crippen LogP contribution < -0.4 is 5.32 Å². The third kappa shape index (κ3) is 4.22. The molecule has 8 heteroatoms. The lowest BCUT2D eigenvalue weighted by molar-refractivity contribution is -0.142. The fourth-order valence-electron chi connectivity index (χ4n) is 4.17. The van der Waals surface area contributed by atoms with Crippen molar-refractivity contribution in [1.82, 2.24) is 9.88 Å². The summed E-state index contributed by atoms with van der Waals surface area (Å²) in [5.41, 5.74) is 2.31. The first-order chi connectivity index (χ1) is 15.3. The molecule has 0 spiro atoms. The van der Waals surface area contributed by atoms with Crippen LogP contribution in [0.1, 0.15) is 35.0 Å². The van der Waals surface area contributed by atoms with Crippen LogP contribution in [0.25, 0.3) is 10.9 Å². The summed E-state index contributed by atoms with van der Waals surface area (Å²) in [5.74, 6) is -0.520. The van der Waals surface area contributed by atoms with Crippen molar-refractivity contribution in [1.29, 1.82) is 0 Å². The van der Waals surface area contributed by atoms with E-state index in [-0.39, 0.29) is 18.3 Å². The fraction of sp³-hybridized carbons (Fsp3) is 0.333. The summed E-state index contributed by atoms with van der Waals surface area (Å²) in [5, 5.41) is 4.77. The Bertz CT molecular complexity index is 1180. The highest BCUT2D eigenvalue weighted by atomic mass is 35.5. The van der Waals surface area contributed by atoms with Gasteiger partial charge in [0, 0.05) is 31.0 Å². The number of rotatable bonds is 6. The van der Waals surface area contributed by atoms with E-state index in [1.807, 2.05) is 37.4 Å². The molecular weight excluding hydrogens is 451 g/mol. The molecule has 1 aliphatic heterocycles. The largest absolute Gasteiger partial charge is 0.466 e. The Hall–Kier alpha value is -2.54. The number of amides is 1. The minimum Gasteiger partial charge on any atom is -0.466 e. The van der Waals surface area contributed by atoms with E-state index in [9.17, 15) is 9.59 Å². The average Bonchev–Trinajstić information content (AvgIpc) is 3.37. The molecular formula is C24H24Cl2N2O4. The number of carbonyl (C=O) groups excluding carboxylic acids is 2. The maximum Gasteiger partial charge on any atom is 0.310 e. The minimum absolute atomic E-state index is 0.176. The molecule has 1 saturated heterocycles. The molecule has 0 saturated carbocycles. The lowest BCUT2D eigenvalue weighted by Crippen LogP contribution is -2.47. The molecule has 2 heterocycles. The molecule has 1 fully saturated rings. The zero-order chi connectivity index (χ0) is 22.9. The molecule has 2 aromatic carbocycles. The van der Waals surface area contributed by atoms with E-state index >= 15 is 0 Å². The van der Waals surface area contributed by atoms with Gasteiger partial charge in [0.1, 0.15) is 5.69 Å². The van der Waals surface area contributed by atoms with Gasteiger partial charge in [-0.15, -0.1) is 0 Å². The van der Waals surface area contributed by atoms with Gasteiger partial charge in [0.25, 0.3) is 5.91 Å². The Balaban J connectivity index is 1.65. The van der Waals surface area contributed by atoms with Gasteiger partial charge < -0.3 is 19.4 Å². The van der Waals surface area contributed by atoms with Crippen LogP contribution in [0.4, 0.5) is 0 Å². The van der Waals surface area contributed by atoms with E-state index < -0.39 is 5.54 Å². The van der Waals surface area contributed by atoms with E-state index in [0.29, 0.717) is 42.0 Å². The predicted molar refractivity (Wildman–Crippen MR) is 124 cm³/mol. The molecule has 1 amide bonds. The van der Waals surface area contributed by atoms with Crippen LogP contribution in [-0.2, 0) is 33.3 Å². The van der Waals surface area contributed by atoms with Crippen molar-refractivity contribution in [2.45, 2.75) is 25.3 Å². The highest BCUT2D eigenvalue weighted by Gasteiger charge is 2.39. The van der Waals surface area contributed by atoms with Gasteiger partial charge >= 0.3 is 5.97 Å². The molecule has 4 rings (SSSR count). The molecule has 168 valence electrons. The number of esters is 1. The zero-order valence-electron chi connectivity index (χ0n) is 17.9. The van der Waals surface area contributed by atoms with Gasteiger partial charge in [0.15, 0.2) is 0 Å². The van der Waals surface area contributed by atoms with Crippen molar-refractivity contribution in [2.24, 2.45) is 7.05 Å². The third-order valence-electron chi connectivity index (χ3n) is 5.85. The van der Waals surface area contributed by atoms with Gasteiger partial charge in [-0.25, -0.2) is 0 Å². The predicted octanol–water partition coefficient (Wildman–Crippen LogP) is 4.64. The average molecular weight is 475 g/mol. The lowest BCUT2D eigenvalue weighted by Gasteiger charge is -2.30. The first-order valence-electron chi connectivity index (χ1n) is 10.4. The SMILES string of the molecule is CCOC(=O)Cc1cccc(C2(NC(=O)c3cc4c(Cl)c(Cl)ccc4n3C)CCOC2)c1. The first kappa shape index (κ1) is 22.6. The van der Waals surface area contributed by atoms with E-state index in [2.05, 4.69) is 5.32 Å². The Labute approximate surface area is 196 Å². The number of halogens is 2. The quantitative estimate of drug-likeness (QED) is 0.528. The Morgan fingerprint density at radius 1 is 1.22 bits per heavy atom. The number of nitrogens with one attached hydrogen (secondary N) is 1. The van der Waals surface area contributed by atoms with Gasteiger partial charge in [0.2, 0.25) is 0 Å². The first-order valence-corrected chi connectivity index (χ1v) is 11.2. The van der Waals surface area contributed by atoms with Crippen LogP contribution in [0, 0.1) is 0 Å². The van der Waals surface area contributed by atoms with Crippen molar-refractivity contribution < 1.29 is 19.1 Å². The molecule has 1 N–H and O–H groups in total. The van der Waals surface area contributed by atoms with Crippen molar-refractivity contribution in [3.8, 4) is 0 Å². The molecule has 0 bridgehead atoms. The monoisotopic (exact) mass is 474 g/mol. The number of aromatic nitrogens is 1. The smallest absolute Gasteiger partial charge is 0.310 e. The Kier molecular flexibility index (Phi) is 6.47. The summed E-state index contributed by atoms with van der Waals surface area (Å²) in [6.45, 7) is 2.99. The minimum atomic E-state index is -0.695. The second-order valence-electron chi connectivity index (χ2n) is 7.90. The Morgan fingerprint density at radius 3 is 2.75 bits per heavy atom. The molecule has 3 aromatic rings. The van der Waals surface area contributed by atoms with Gasteiger partial charge in [-0.1, -0.05) is 47.5 Å². The lowest BCUT2D eigenvalue weighted by atomic mass is 9.87. The number of ether oxygens (including phenoxy) is 2. The van der Waals surface area contributed by atoms with Crippen LogP contribution in [0.15, 0.2) is 42.5 Å². The van der Waals surface area contributed by atoms with Gasteiger partial charge in [-0.3, -0.25) is 9.59 Å². The molecule has 1 unspecified atom stereocenters. The summed E-state index contributed by atoms with van der Waals surface area (Å²) >= 11 is 12.5. The van der Waals surface area contributed by atoms with E-state index in [4.69, 9.17) is 32.7 Å². The van der Waals surface area contributed by atoms with E-state index in [1.165, 1.54) is 0 Å². The third-order valence-corrected chi connectivity index (χ3v) is 6.67. The molecule has 6 nitrogen and oxygen atoms in total. The summed E-state index contributed by atoms with van der Waals surface area (Å²) < 4.78 is 12.5. The molecule has 1 aromatic heterocycles. The van der Waals surface area contributed by atoms with Crippen molar-refractivity contribution in [2.75, 3.05) is 19.8 Å². The second-order valence-corrected chi connectivity index (χ2v) is 8.69. The van der Waals surface area contributed by atoms with E-state index in [0.717, 1.165) is 22.0 Å². The van der Waals surface area contributed by atoms with Crippen LogP contribution >= 0.6 is 23.2 Å². The number of benzene rings is 2. The highest BCUT2D eigenvalue weighted by Crippen LogP contribution is 2.34. The summed E-state index contributed by atoms with van der Waals surface area (Å²) in [6.07, 6.45) is 0.799. The topological polar surface area (TPSA) is 69.6 Å². The van der Waals surface area contributed by atoms with Crippen LogP contribution in [0.2, 0.25) is 10.0 Å². The number of carbonyl (C=O) groups is 2. The zero-order valence-corrected chi connectivity index (χ0v) is 19.4.